The summed E-state index contributed by atoms with van der Waals surface area (Å²) >= 11 is 0. The van der Waals surface area contributed by atoms with Crippen LogP contribution in [0.4, 0.5) is 16.2 Å². The van der Waals surface area contributed by atoms with Crippen molar-refractivity contribution in [2.24, 2.45) is 0 Å². The van der Waals surface area contributed by atoms with E-state index in [-0.39, 0.29) is 22.7 Å². The monoisotopic (exact) mass is 210 g/mol. The highest BCUT2D eigenvalue weighted by molar-refractivity contribution is 5.91. The molecule has 15 heavy (non-hydrogen) atoms. The number of methoxy groups -OCH3 is 1. The van der Waals surface area contributed by atoms with Gasteiger partial charge in [-0.25, -0.2) is 4.79 Å². The molecule has 80 valence electrons. The molecular weight excluding hydrogens is 200 g/mol. The molecule has 0 heterocycles. The van der Waals surface area contributed by atoms with Gasteiger partial charge in [-0.05, 0) is 6.07 Å². The molecule has 0 fully saturated rings. The Kier molecular flexibility index (Phi) is 3.12. The van der Waals surface area contributed by atoms with E-state index in [0.717, 1.165) is 0 Å². The van der Waals surface area contributed by atoms with Crippen LogP contribution in [0.15, 0.2) is 12.1 Å². The minimum atomic E-state index is -1.24. The number of hydrogen-bond donors (Lipinski definition) is 3. The van der Waals surface area contributed by atoms with Crippen molar-refractivity contribution in [2.75, 3.05) is 18.2 Å². The largest absolute Gasteiger partial charge is 0.494 e. The minimum Gasteiger partial charge on any atom is -0.494 e. The molecule has 0 aromatic heterocycles. The number of anilines is 2. The summed E-state index contributed by atoms with van der Waals surface area (Å²) in [6.07, 6.45) is -0.697. The first-order valence-corrected chi connectivity index (χ1v) is 4.01. The van der Waals surface area contributed by atoms with Crippen LogP contribution >= 0.6 is 0 Å². The Balaban J connectivity index is 3.21. The highest BCUT2D eigenvalue weighted by Gasteiger charge is 2.10. The quantitative estimate of drug-likeness (QED) is 0.513. The molecular formula is C9H10N2O4. The van der Waals surface area contributed by atoms with Crippen LogP contribution in [0, 0.1) is 0 Å². The van der Waals surface area contributed by atoms with E-state index in [0.29, 0.717) is 6.29 Å². The summed E-state index contributed by atoms with van der Waals surface area (Å²) in [5.74, 6) is 0.264. The van der Waals surface area contributed by atoms with Crippen molar-refractivity contribution in [3.05, 3.63) is 17.7 Å². The molecule has 1 rings (SSSR count). The maximum atomic E-state index is 10.6. The fourth-order valence-corrected chi connectivity index (χ4v) is 1.10. The zero-order valence-corrected chi connectivity index (χ0v) is 7.98. The van der Waals surface area contributed by atoms with Crippen molar-refractivity contribution >= 4 is 23.8 Å². The van der Waals surface area contributed by atoms with E-state index < -0.39 is 6.09 Å². The topological polar surface area (TPSA) is 102 Å². The Hall–Kier alpha value is -2.24. The van der Waals surface area contributed by atoms with Crippen molar-refractivity contribution in [1.82, 2.24) is 0 Å². The Morgan fingerprint density at radius 1 is 1.60 bits per heavy atom. The van der Waals surface area contributed by atoms with Gasteiger partial charge >= 0.3 is 6.09 Å². The van der Waals surface area contributed by atoms with Gasteiger partial charge in [0, 0.05) is 17.3 Å². The Bertz CT molecular complexity index is 403. The lowest BCUT2D eigenvalue weighted by atomic mass is 10.1. The molecule has 0 aliphatic rings. The number of rotatable bonds is 3. The Morgan fingerprint density at radius 2 is 2.27 bits per heavy atom. The van der Waals surface area contributed by atoms with Gasteiger partial charge in [-0.1, -0.05) is 0 Å². The zero-order valence-electron chi connectivity index (χ0n) is 7.98. The molecule has 0 saturated carbocycles. The molecule has 0 saturated heterocycles. The second kappa shape index (κ2) is 4.32. The van der Waals surface area contributed by atoms with E-state index in [1.54, 1.807) is 0 Å². The molecule has 0 bridgehead atoms. The summed E-state index contributed by atoms with van der Waals surface area (Å²) in [5, 5.41) is 10.6. The predicted molar refractivity (Wildman–Crippen MR) is 54.4 cm³/mol. The molecule has 0 aliphatic heterocycles. The number of carboxylic acid groups (broad SMARTS) is 1. The molecule has 0 aliphatic carbocycles. The van der Waals surface area contributed by atoms with Crippen LogP contribution in [0.1, 0.15) is 10.4 Å². The summed E-state index contributed by atoms with van der Waals surface area (Å²) in [6.45, 7) is 0. The SMILES string of the molecule is COc1cc(N)c(C=O)cc1NC(=O)O. The predicted octanol–water partition coefficient (Wildman–Crippen LogP) is 1.18. The van der Waals surface area contributed by atoms with Crippen LogP contribution in [0.5, 0.6) is 5.75 Å². The van der Waals surface area contributed by atoms with Crippen LogP contribution in [0.25, 0.3) is 0 Å². The summed E-state index contributed by atoms with van der Waals surface area (Å²) in [7, 11) is 1.38. The van der Waals surface area contributed by atoms with Crippen molar-refractivity contribution in [2.45, 2.75) is 0 Å². The van der Waals surface area contributed by atoms with Crippen LogP contribution in [0.2, 0.25) is 0 Å². The highest BCUT2D eigenvalue weighted by Crippen LogP contribution is 2.29. The summed E-state index contributed by atoms with van der Waals surface area (Å²) in [4.78, 5) is 21.0. The van der Waals surface area contributed by atoms with Crippen molar-refractivity contribution in [1.29, 1.82) is 0 Å². The number of aldehydes is 1. The number of benzene rings is 1. The first-order valence-electron chi connectivity index (χ1n) is 4.01. The Labute approximate surface area is 85.6 Å². The van der Waals surface area contributed by atoms with Gasteiger partial charge < -0.3 is 15.6 Å². The lowest BCUT2D eigenvalue weighted by Crippen LogP contribution is -2.09. The molecule has 6 nitrogen and oxygen atoms in total. The van der Waals surface area contributed by atoms with E-state index in [4.69, 9.17) is 15.6 Å². The maximum Gasteiger partial charge on any atom is 0.409 e. The van der Waals surface area contributed by atoms with Gasteiger partial charge in [0.15, 0.2) is 6.29 Å². The van der Waals surface area contributed by atoms with Crippen LogP contribution < -0.4 is 15.8 Å². The number of nitrogens with one attached hydrogen (secondary N) is 1. The number of amides is 1. The zero-order chi connectivity index (χ0) is 11.4. The number of carbonyl (C=O) groups excluding carboxylic acids is 1. The van der Waals surface area contributed by atoms with Crippen molar-refractivity contribution in [3.63, 3.8) is 0 Å². The van der Waals surface area contributed by atoms with E-state index in [9.17, 15) is 9.59 Å². The normalized spacial score (nSPS) is 9.40. The molecule has 0 radical (unpaired) electrons. The number of ether oxygens (including phenoxy) is 1. The van der Waals surface area contributed by atoms with Gasteiger partial charge in [-0.2, -0.15) is 0 Å². The van der Waals surface area contributed by atoms with E-state index in [2.05, 4.69) is 5.32 Å². The van der Waals surface area contributed by atoms with Crippen molar-refractivity contribution in [3.8, 4) is 5.75 Å². The van der Waals surface area contributed by atoms with Gasteiger partial charge in [0.25, 0.3) is 0 Å². The molecule has 1 aromatic carbocycles. The van der Waals surface area contributed by atoms with Gasteiger partial charge in [-0.15, -0.1) is 0 Å². The highest BCUT2D eigenvalue weighted by atomic mass is 16.5. The van der Waals surface area contributed by atoms with Gasteiger partial charge in [-0.3, -0.25) is 10.1 Å². The maximum absolute atomic E-state index is 10.6. The lowest BCUT2D eigenvalue weighted by Gasteiger charge is -2.10. The first kappa shape index (κ1) is 10.8. The second-order valence-electron chi connectivity index (χ2n) is 2.73. The molecule has 0 spiro atoms. The first-order chi connectivity index (χ1) is 7.08. The molecule has 4 N–H and O–H groups in total. The van der Waals surface area contributed by atoms with Gasteiger partial charge in [0.2, 0.25) is 0 Å². The minimum absolute atomic E-state index is 0.182. The Morgan fingerprint density at radius 3 is 2.73 bits per heavy atom. The van der Waals surface area contributed by atoms with Crippen LogP contribution in [-0.2, 0) is 0 Å². The fourth-order valence-electron chi connectivity index (χ4n) is 1.10. The average Bonchev–Trinajstić information content (AvgIpc) is 2.19. The second-order valence-corrected chi connectivity index (χ2v) is 2.73. The summed E-state index contributed by atoms with van der Waals surface area (Å²) < 4.78 is 4.90. The fraction of sp³-hybridized carbons (Fsp3) is 0.111. The van der Waals surface area contributed by atoms with Crippen molar-refractivity contribution < 1.29 is 19.4 Å². The standard InChI is InChI=1S/C9H10N2O4/c1-15-8-3-6(10)5(4-12)2-7(8)11-9(13)14/h2-4,11H,10H2,1H3,(H,13,14). The van der Waals surface area contributed by atoms with E-state index >= 15 is 0 Å². The molecule has 6 heteroatoms. The summed E-state index contributed by atoms with van der Waals surface area (Å²) in [5.41, 5.74) is 6.14. The third-order valence-corrected chi connectivity index (χ3v) is 1.77. The third-order valence-electron chi connectivity index (χ3n) is 1.77. The summed E-state index contributed by atoms with van der Waals surface area (Å²) in [6, 6.07) is 2.70. The van der Waals surface area contributed by atoms with E-state index in [1.165, 1.54) is 19.2 Å². The number of nitrogens with two attached hydrogens (primary N) is 1. The third kappa shape index (κ3) is 2.37. The van der Waals surface area contributed by atoms with Crippen LogP contribution in [-0.4, -0.2) is 24.6 Å². The average molecular weight is 210 g/mol. The molecule has 0 atom stereocenters. The van der Waals surface area contributed by atoms with Gasteiger partial charge in [0.05, 0.1) is 12.8 Å². The number of hydrogen-bond acceptors (Lipinski definition) is 4. The smallest absolute Gasteiger partial charge is 0.409 e. The van der Waals surface area contributed by atoms with E-state index in [1.807, 2.05) is 0 Å². The number of carbonyl (C=O) groups is 2. The van der Waals surface area contributed by atoms with Crippen LogP contribution in [0.3, 0.4) is 0 Å². The lowest BCUT2D eigenvalue weighted by molar-refractivity contribution is 0.112. The molecule has 1 amide bonds. The molecule has 1 aromatic rings. The molecule has 0 unspecified atom stereocenters. The number of nitrogen functional groups attached to an aromatic ring is 1. The van der Waals surface area contributed by atoms with Gasteiger partial charge in [0.1, 0.15) is 5.75 Å².